The molecule has 1 saturated heterocycles. The van der Waals surface area contributed by atoms with E-state index < -0.39 is 46.2 Å². The molecule has 0 unspecified atom stereocenters. The van der Waals surface area contributed by atoms with Crippen molar-refractivity contribution in [1.82, 2.24) is 9.55 Å². The molecule has 3 heterocycles. The highest BCUT2D eigenvalue weighted by Gasteiger charge is 2.54. The Kier molecular flexibility index (Phi) is 4.65. The third-order valence-electron chi connectivity index (χ3n) is 4.28. The van der Waals surface area contributed by atoms with E-state index in [1.807, 2.05) is 0 Å². The molecular formula is C17H16N2O8S. The zero-order valence-corrected chi connectivity index (χ0v) is 15.4. The van der Waals surface area contributed by atoms with Gasteiger partial charge in [-0.1, -0.05) is 18.2 Å². The van der Waals surface area contributed by atoms with E-state index in [9.17, 15) is 18.0 Å². The van der Waals surface area contributed by atoms with Crippen molar-refractivity contribution in [2.24, 2.45) is 0 Å². The molecule has 2 aliphatic heterocycles. The monoisotopic (exact) mass is 408 g/mol. The molecule has 11 heteroatoms. The number of nitrogens with zero attached hydrogens (tertiary/aromatic N) is 2. The van der Waals surface area contributed by atoms with Crippen LogP contribution >= 0.6 is 0 Å². The van der Waals surface area contributed by atoms with Crippen molar-refractivity contribution < 1.29 is 31.6 Å². The minimum absolute atomic E-state index is 0.00401. The molecule has 148 valence electrons. The summed E-state index contributed by atoms with van der Waals surface area (Å²) in [5.41, 5.74) is -0.149. The van der Waals surface area contributed by atoms with Crippen LogP contribution in [0.4, 0.5) is 0 Å². The molecule has 0 spiro atoms. The van der Waals surface area contributed by atoms with Crippen LogP contribution in [0, 0.1) is 0 Å². The minimum Gasteiger partial charge on any atom is -0.459 e. The first kappa shape index (κ1) is 18.6. The molecule has 4 rings (SSSR count). The number of fused-ring (bicyclic) bond motifs is 3. The average molecular weight is 408 g/mol. The summed E-state index contributed by atoms with van der Waals surface area (Å²) in [5, 5.41) is 0. The first-order valence-corrected chi connectivity index (χ1v) is 10.2. The van der Waals surface area contributed by atoms with E-state index in [2.05, 4.69) is 4.98 Å². The molecule has 0 N–H and O–H groups in total. The van der Waals surface area contributed by atoms with Crippen LogP contribution in [0.15, 0.2) is 47.4 Å². The van der Waals surface area contributed by atoms with Crippen molar-refractivity contribution in [2.75, 3.05) is 12.9 Å². The highest BCUT2D eigenvalue weighted by molar-refractivity contribution is 7.86. The van der Waals surface area contributed by atoms with Crippen molar-refractivity contribution in [2.45, 2.75) is 24.5 Å². The first-order valence-electron chi connectivity index (χ1n) is 8.33. The third kappa shape index (κ3) is 3.63. The summed E-state index contributed by atoms with van der Waals surface area (Å²) in [6, 6.07) is 9.58. The fraction of sp³-hybridized carbons (Fsp3) is 0.353. The maximum absolute atomic E-state index is 12.2. The predicted octanol–water partition coefficient (Wildman–Crippen LogP) is 0.104. The minimum atomic E-state index is -3.86. The Hall–Kier alpha value is -2.76. The quantitative estimate of drug-likeness (QED) is 0.501. The fourth-order valence-corrected chi connectivity index (χ4v) is 3.76. The SMILES string of the molecule is CS(=O)(=O)O[C@@H]1[C@H]2Oc3nc(=O)ccn3[C@@H]2O[C@H]1COC(=O)c1ccccc1. The molecule has 10 nitrogen and oxygen atoms in total. The molecule has 0 amide bonds. The van der Waals surface area contributed by atoms with Crippen molar-refractivity contribution >= 4 is 16.1 Å². The Morgan fingerprint density at radius 2 is 2.00 bits per heavy atom. The molecule has 0 aliphatic carbocycles. The number of rotatable bonds is 5. The van der Waals surface area contributed by atoms with E-state index >= 15 is 0 Å². The van der Waals surface area contributed by atoms with Crippen molar-refractivity contribution in [3.8, 4) is 6.01 Å². The van der Waals surface area contributed by atoms with Crippen LogP contribution < -0.4 is 10.3 Å². The van der Waals surface area contributed by atoms with Crippen molar-refractivity contribution in [1.29, 1.82) is 0 Å². The van der Waals surface area contributed by atoms with Gasteiger partial charge >= 0.3 is 12.0 Å². The van der Waals surface area contributed by atoms with Gasteiger partial charge in [-0.2, -0.15) is 13.4 Å². The molecule has 0 saturated carbocycles. The third-order valence-corrected chi connectivity index (χ3v) is 4.85. The highest BCUT2D eigenvalue weighted by Crippen LogP contribution is 2.40. The van der Waals surface area contributed by atoms with Crippen LogP contribution in [0.25, 0.3) is 0 Å². The topological polar surface area (TPSA) is 123 Å². The fourth-order valence-electron chi connectivity index (χ4n) is 3.12. The number of hydrogen-bond donors (Lipinski definition) is 0. The van der Waals surface area contributed by atoms with Gasteiger partial charge in [0.1, 0.15) is 18.8 Å². The smallest absolute Gasteiger partial charge is 0.338 e. The summed E-state index contributed by atoms with van der Waals surface area (Å²) in [7, 11) is -3.86. The molecule has 0 bridgehead atoms. The zero-order chi connectivity index (χ0) is 19.9. The Labute approximate surface area is 159 Å². The van der Waals surface area contributed by atoms with Crippen molar-refractivity contribution in [3.63, 3.8) is 0 Å². The Balaban J connectivity index is 1.54. The number of benzene rings is 1. The van der Waals surface area contributed by atoms with Gasteiger partial charge in [-0.25, -0.2) is 4.79 Å². The second kappa shape index (κ2) is 7.00. The van der Waals surface area contributed by atoms with Gasteiger partial charge in [0.05, 0.1) is 11.8 Å². The summed E-state index contributed by atoms with van der Waals surface area (Å²) < 4.78 is 46.7. The lowest BCUT2D eigenvalue weighted by molar-refractivity contribution is -0.0466. The molecule has 1 fully saturated rings. The second-order valence-electron chi connectivity index (χ2n) is 6.33. The van der Waals surface area contributed by atoms with Crippen molar-refractivity contribution in [3.05, 3.63) is 58.5 Å². The summed E-state index contributed by atoms with van der Waals surface area (Å²) in [6.45, 7) is -0.243. The van der Waals surface area contributed by atoms with Gasteiger partial charge in [0.2, 0.25) is 0 Å². The second-order valence-corrected chi connectivity index (χ2v) is 7.93. The van der Waals surface area contributed by atoms with E-state index in [1.165, 1.54) is 16.8 Å². The maximum Gasteiger partial charge on any atom is 0.338 e. The van der Waals surface area contributed by atoms with Crippen LogP contribution in [0.3, 0.4) is 0 Å². The first-order chi connectivity index (χ1) is 13.3. The van der Waals surface area contributed by atoms with Gasteiger partial charge in [0.25, 0.3) is 15.7 Å². The molecule has 1 aromatic carbocycles. The molecule has 2 aromatic rings. The van der Waals surface area contributed by atoms with Gasteiger partial charge in [-0.15, -0.1) is 0 Å². The number of hydrogen-bond acceptors (Lipinski definition) is 9. The van der Waals surface area contributed by atoms with Gasteiger partial charge in [-0.3, -0.25) is 13.5 Å². The lowest BCUT2D eigenvalue weighted by atomic mass is 10.1. The normalized spacial score (nSPS) is 25.6. The molecule has 28 heavy (non-hydrogen) atoms. The molecule has 0 radical (unpaired) electrons. The predicted molar refractivity (Wildman–Crippen MR) is 93.3 cm³/mol. The number of aromatic nitrogens is 2. The number of ether oxygens (including phenoxy) is 3. The van der Waals surface area contributed by atoms with Crippen LogP contribution in [-0.4, -0.2) is 55.1 Å². The molecule has 1 aromatic heterocycles. The van der Waals surface area contributed by atoms with Crippen LogP contribution in [0.2, 0.25) is 0 Å². The molecule has 2 aliphatic rings. The highest BCUT2D eigenvalue weighted by atomic mass is 32.2. The number of carbonyl (C=O) groups excluding carboxylic acids is 1. The van der Waals surface area contributed by atoms with Gasteiger partial charge < -0.3 is 14.2 Å². The van der Waals surface area contributed by atoms with Crippen LogP contribution in [-0.2, 0) is 23.8 Å². The van der Waals surface area contributed by atoms with Gasteiger partial charge in [0, 0.05) is 12.3 Å². The summed E-state index contributed by atoms with van der Waals surface area (Å²) in [6.07, 6.45) is -1.29. The number of esters is 1. The Bertz CT molecular complexity index is 1050. The largest absolute Gasteiger partial charge is 0.459 e. The standard InChI is InChI=1S/C17H16N2O8S/c1-28(22,23)27-13-11(9-24-16(21)10-5-3-2-4-6-10)25-15-14(13)26-17-18-12(20)7-8-19(15)17/h2-8,11,13-15H,9H2,1H3/t11-,13-,14+,15+/m0/s1. The van der Waals surface area contributed by atoms with E-state index in [-0.39, 0.29) is 12.6 Å². The van der Waals surface area contributed by atoms with Crippen LogP contribution in [0.1, 0.15) is 16.6 Å². The Morgan fingerprint density at radius 3 is 2.71 bits per heavy atom. The Morgan fingerprint density at radius 1 is 1.25 bits per heavy atom. The van der Waals surface area contributed by atoms with E-state index in [1.54, 1.807) is 30.3 Å². The lowest BCUT2D eigenvalue weighted by Gasteiger charge is -2.20. The molecule has 4 atom stereocenters. The average Bonchev–Trinajstić information content (AvgIpc) is 3.15. The van der Waals surface area contributed by atoms with Gasteiger partial charge in [-0.05, 0) is 12.1 Å². The summed E-state index contributed by atoms with van der Waals surface area (Å²) >= 11 is 0. The molecular weight excluding hydrogens is 392 g/mol. The zero-order valence-electron chi connectivity index (χ0n) is 14.6. The summed E-state index contributed by atoms with van der Waals surface area (Å²) in [5.74, 6) is -0.578. The van der Waals surface area contributed by atoms with E-state index in [4.69, 9.17) is 18.4 Å². The lowest BCUT2D eigenvalue weighted by Crippen LogP contribution is -2.40. The number of carbonyl (C=O) groups is 1. The van der Waals surface area contributed by atoms with E-state index in [0.29, 0.717) is 5.56 Å². The van der Waals surface area contributed by atoms with Crippen LogP contribution in [0.5, 0.6) is 6.01 Å². The summed E-state index contributed by atoms with van der Waals surface area (Å²) in [4.78, 5) is 27.3. The maximum atomic E-state index is 12.2. The van der Waals surface area contributed by atoms with E-state index in [0.717, 1.165) is 6.26 Å². The van der Waals surface area contributed by atoms with Gasteiger partial charge in [0.15, 0.2) is 12.3 Å².